The highest BCUT2D eigenvalue weighted by molar-refractivity contribution is 5.64. The quantitative estimate of drug-likeness (QED) is 0.581. The van der Waals surface area contributed by atoms with Crippen LogP contribution < -0.4 is 10.6 Å². The summed E-state index contributed by atoms with van der Waals surface area (Å²) in [5.41, 5.74) is -0.774. The van der Waals surface area contributed by atoms with E-state index < -0.39 is 23.4 Å². The molecule has 0 aliphatic carbocycles. The van der Waals surface area contributed by atoms with E-state index in [9.17, 15) is 22.0 Å². The van der Waals surface area contributed by atoms with Crippen LogP contribution in [0.4, 0.5) is 45.0 Å². The van der Waals surface area contributed by atoms with Crippen molar-refractivity contribution < 1.29 is 22.0 Å². The highest BCUT2D eigenvalue weighted by Crippen LogP contribution is 2.30. The Bertz CT molecular complexity index is 935. The molecule has 9 heteroatoms. The molecule has 27 heavy (non-hydrogen) atoms. The molecule has 3 aromatic rings. The van der Waals surface area contributed by atoms with Crippen LogP contribution in [0.5, 0.6) is 0 Å². The van der Waals surface area contributed by atoms with Crippen molar-refractivity contribution in [2.45, 2.75) is 13.1 Å². The molecule has 0 saturated heterocycles. The Morgan fingerprint density at radius 3 is 1.93 bits per heavy atom. The lowest BCUT2D eigenvalue weighted by molar-refractivity contribution is -0.137. The summed E-state index contributed by atoms with van der Waals surface area (Å²) in [7, 11) is 0. The first-order chi connectivity index (χ1) is 12.7. The molecule has 1 heterocycles. The number of rotatable bonds is 4. The summed E-state index contributed by atoms with van der Waals surface area (Å²) in [5, 5.41) is 5.38. The van der Waals surface area contributed by atoms with Crippen LogP contribution in [0, 0.1) is 18.6 Å². The molecular weight excluding hydrogens is 367 g/mol. The number of aromatic nitrogens is 2. The number of nitrogens with one attached hydrogen (secondary N) is 2. The summed E-state index contributed by atoms with van der Waals surface area (Å²) in [5.74, 6) is -0.902. The Kier molecular flexibility index (Phi) is 4.93. The topological polar surface area (TPSA) is 49.8 Å². The van der Waals surface area contributed by atoms with Crippen LogP contribution in [-0.4, -0.2) is 9.97 Å². The van der Waals surface area contributed by atoms with E-state index in [1.165, 1.54) is 24.3 Å². The van der Waals surface area contributed by atoms with Gasteiger partial charge in [0.05, 0.1) is 5.56 Å². The minimum absolute atomic E-state index is 0.126. The first-order valence-electron chi connectivity index (χ1n) is 7.73. The molecule has 3 rings (SSSR count). The predicted octanol–water partition coefficient (Wildman–Crippen LogP) is 5.57. The van der Waals surface area contributed by atoms with Gasteiger partial charge in [-0.2, -0.15) is 13.2 Å². The molecule has 0 fully saturated rings. The number of anilines is 4. The molecule has 0 radical (unpaired) electrons. The molecule has 2 aromatic carbocycles. The number of halogens is 5. The molecule has 0 unspecified atom stereocenters. The van der Waals surface area contributed by atoms with Crippen molar-refractivity contribution in [2.24, 2.45) is 0 Å². The number of hydrogen-bond acceptors (Lipinski definition) is 4. The second kappa shape index (κ2) is 7.18. The van der Waals surface area contributed by atoms with Gasteiger partial charge in [-0.1, -0.05) is 6.07 Å². The van der Waals surface area contributed by atoms with Crippen LogP contribution >= 0.6 is 0 Å². The SMILES string of the molecule is Cc1nc(Nc2ccc(C(F)(F)F)cc2)cc(Nc2c(F)cccc2F)n1. The van der Waals surface area contributed by atoms with E-state index >= 15 is 0 Å². The van der Waals surface area contributed by atoms with Gasteiger partial charge in [-0.25, -0.2) is 18.7 Å². The molecule has 4 nitrogen and oxygen atoms in total. The van der Waals surface area contributed by atoms with E-state index in [-0.39, 0.29) is 17.3 Å². The zero-order valence-electron chi connectivity index (χ0n) is 13.9. The van der Waals surface area contributed by atoms with Gasteiger partial charge in [-0.3, -0.25) is 0 Å². The van der Waals surface area contributed by atoms with Gasteiger partial charge in [0.2, 0.25) is 0 Å². The van der Waals surface area contributed by atoms with E-state index in [1.54, 1.807) is 6.92 Å². The highest BCUT2D eigenvalue weighted by atomic mass is 19.4. The number of aryl methyl sites for hydroxylation is 1. The fourth-order valence-corrected chi connectivity index (χ4v) is 2.33. The van der Waals surface area contributed by atoms with Crippen molar-refractivity contribution in [2.75, 3.05) is 10.6 Å². The van der Waals surface area contributed by atoms with Crippen LogP contribution in [-0.2, 0) is 6.18 Å². The largest absolute Gasteiger partial charge is 0.416 e. The third-order valence-electron chi connectivity index (χ3n) is 3.54. The van der Waals surface area contributed by atoms with E-state index in [0.717, 1.165) is 24.3 Å². The van der Waals surface area contributed by atoms with Crippen molar-refractivity contribution in [1.82, 2.24) is 9.97 Å². The fourth-order valence-electron chi connectivity index (χ4n) is 2.33. The van der Waals surface area contributed by atoms with E-state index in [1.807, 2.05) is 0 Å². The number of benzene rings is 2. The number of hydrogen-bond donors (Lipinski definition) is 2. The van der Waals surface area contributed by atoms with Crippen molar-refractivity contribution >= 4 is 23.0 Å². The van der Waals surface area contributed by atoms with Crippen LogP contribution in [0.25, 0.3) is 0 Å². The van der Waals surface area contributed by atoms with Gasteiger partial charge in [-0.05, 0) is 43.3 Å². The smallest absolute Gasteiger partial charge is 0.340 e. The minimum Gasteiger partial charge on any atom is -0.340 e. The molecule has 0 aliphatic heterocycles. The molecule has 0 aliphatic rings. The average Bonchev–Trinajstić information content (AvgIpc) is 2.57. The zero-order chi connectivity index (χ0) is 19.6. The molecule has 0 bridgehead atoms. The Morgan fingerprint density at radius 2 is 1.37 bits per heavy atom. The maximum Gasteiger partial charge on any atom is 0.416 e. The third-order valence-corrected chi connectivity index (χ3v) is 3.54. The van der Waals surface area contributed by atoms with Gasteiger partial charge in [0.25, 0.3) is 0 Å². The van der Waals surface area contributed by atoms with Gasteiger partial charge in [0.1, 0.15) is 34.8 Å². The molecule has 0 atom stereocenters. The van der Waals surface area contributed by atoms with Crippen LogP contribution in [0.15, 0.2) is 48.5 Å². The lowest BCUT2D eigenvalue weighted by Gasteiger charge is -2.12. The molecule has 0 saturated carbocycles. The first kappa shape index (κ1) is 18.6. The lowest BCUT2D eigenvalue weighted by atomic mass is 10.2. The van der Waals surface area contributed by atoms with E-state index in [2.05, 4.69) is 20.6 Å². The Labute approximate surface area is 151 Å². The van der Waals surface area contributed by atoms with Gasteiger partial charge in [0, 0.05) is 11.8 Å². The van der Waals surface area contributed by atoms with Gasteiger partial charge in [0.15, 0.2) is 0 Å². The van der Waals surface area contributed by atoms with Gasteiger partial charge in [-0.15, -0.1) is 0 Å². The minimum atomic E-state index is -4.43. The third kappa shape index (κ3) is 4.49. The summed E-state index contributed by atoms with van der Waals surface area (Å²) in [6, 6.07) is 9.19. The van der Waals surface area contributed by atoms with Crippen molar-refractivity contribution in [1.29, 1.82) is 0 Å². The van der Waals surface area contributed by atoms with Crippen LogP contribution in [0.3, 0.4) is 0 Å². The molecular formula is C18H13F5N4. The van der Waals surface area contributed by atoms with Gasteiger partial charge >= 0.3 is 6.18 Å². The average molecular weight is 380 g/mol. The second-order valence-corrected chi connectivity index (χ2v) is 5.61. The molecule has 140 valence electrons. The Morgan fingerprint density at radius 1 is 0.815 bits per heavy atom. The normalized spacial score (nSPS) is 11.3. The maximum atomic E-state index is 13.8. The fraction of sp³-hybridized carbons (Fsp3) is 0.111. The molecule has 2 N–H and O–H groups in total. The first-order valence-corrected chi connectivity index (χ1v) is 7.73. The summed E-state index contributed by atoms with van der Waals surface area (Å²) in [6.45, 7) is 1.57. The number of para-hydroxylation sites is 1. The van der Waals surface area contributed by atoms with E-state index in [4.69, 9.17) is 0 Å². The molecule has 0 spiro atoms. The van der Waals surface area contributed by atoms with E-state index in [0.29, 0.717) is 11.5 Å². The molecule has 1 aromatic heterocycles. The van der Waals surface area contributed by atoms with Crippen LogP contribution in [0.2, 0.25) is 0 Å². The van der Waals surface area contributed by atoms with Crippen molar-refractivity contribution in [3.8, 4) is 0 Å². The van der Waals surface area contributed by atoms with Crippen LogP contribution in [0.1, 0.15) is 11.4 Å². The summed E-state index contributed by atoms with van der Waals surface area (Å²) in [6.07, 6.45) is -4.43. The summed E-state index contributed by atoms with van der Waals surface area (Å²) in [4.78, 5) is 8.17. The number of alkyl halides is 3. The predicted molar refractivity (Wildman–Crippen MR) is 91.1 cm³/mol. The number of nitrogens with zero attached hydrogens (tertiary/aromatic N) is 2. The lowest BCUT2D eigenvalue weighted by Crippen LogP contribution is -2.05. The standard InChI is InChI=1S/C18H13F5N4/c1-10-24-15(26-12-7-5-11(6-8-12)18(21,22)23)9-16(25-10)27-17-13(19)3-2-4-14(17)20/h2-9H,1H3,(H2,24,25,26,27). The highest BCUT2D eigenvalue weighted by Gasteiger charge is 2.29. The monoisotopic (exact) mass is 380 g/mol. The Hall–Kier alpha value is -3.23. The summed E-state index contributed by atoms with van der Waals surface area (Å²) < 4.78 is 65.4. The molecule has 0 amide bonds. The maximum absolute atomic E-state index is 13.8. The van der Waals surface area contributed by atoms with Crippen molar-refractivity contribution in [3.63, 3.8) is 0 Å². The second-order valence-electron chi connectivity index (χ2n) is 5.61. The Balaban J connectivity index is 1.83. The van der Waals surface area contributed by atoms with Gasteiger partial charge < -0.3 is 10.6 Å². The summed E-state index contributed by atoms with van der Waals surface area (Å²) >= 11 is 0. The van der Waals surface area contributed by atoms with Crippen molar-refractivity contribution in [3.05, 3.63) is 71.6 Å². The zero-order valence-corrected chi connectivity index (χ0v) is 13.9.